The molecule has 10 heteroatoms. The van der Waals surface area contributed by atoms with Gasteiger partial charge in [0.2, 0.25) is 0 Å². The van der Waals surface area contributed by atoms with E-state index in [0.717, 1.165) is 12.5 Å². The van der Waals surface area contributed by atoms with Crippen molar-refractivity contribution in [3.63, 3.8) is 0 Å². The number of hydrogen-bond acceptors (Lipinski definition) is 8. The van der Waals surface area contributed by atoms with E-state index in [2.05, 4.69) is 0 Å². The van der Waals surface area contributed by atoms with Gasteiger partial charge >= 0.3 is 0 Å². The van der Waals surface area contributed by atoms with E-state index in [9.17, 15) is 21.9 Å². The largest absolute Gasteiger partial charge is 0.368 e. The van der Waals surface area contributed by atoms with Gasteiger partial charge in [-0.15, -0.1) is 0 Å². The fraction of sp³-hybridized carbons (Fsp3) is 1.00. The molecule has 0 radical (unpaired) electrons. The summed E-state index contributed by atoms with van der Waals surface area (Å²) in [5, 5.41) is 9.36. The van der Waals surface area contributed by atoms with E-state index in [1.54, 1.807) is 0 Å². The first-order chi connectivity index (χ1) is 7.98. The highest BCUT2D eigenvalue weighted by Gasteiger charge is 2.41. The van der Waals surface area contributed by atoms with Crippen molar-refractivity contribution in [2.24, 2.45) is 0 Å². The van der Waals surface area contributed by atoms with Crippen molar-refractivity contribution in [2.75, 3.05) is 12.5 Å². The zero-order chi connectivity index (χ0) is 14.1. The van der Waals surface area contributed by atoms with E-state index < -0.39 is 44.8 Å². The van der Waals surface area contributed by atoms with E-state index in [1.807, 2.05) is 0 Å². The van der Waals surface area contributed by atoms with Crippen LogP contribution in [0, 0.1) is 0 Å². The lowest BCUT2D eigenvalue weighted by atomic mass is 10.0. The lowest BCUT2D eigenvalue weighted by Crippen LogP contribution is -2.50. The average Bonchev–Trinajstić information content (AvgIpc) is 2.06. The Hall–Kier alpha value is -0.260. The average molecular weight is 304 g/mol. The van der Waals surface area contributed by atoms with Gasteiger partial charge in [-0.3, -0.25) is 8.37 Å². The number of aliphatic hydroxyl groups excluding tert-OH is 1. The second-order valence-corrected chi connectivity index (χ2v) is 7.34. The highest BCUT2D eigenvalue weighted by atomic mass is 32.2. The lowest BCUT2D eigenvalue weighted by Gasteiger charge is -2.36. The summed E-state index contributed by atoms with van der Waals surface area (Å²) in [5.74, 6) is 0. The molecule has 0 bridgehead atoms. The number of ether oxygens (including phenoxy) is 1. The molecule has 1 aliphatic heterocycles. The van der Waals surface area contributed by atoms with Gasteiger partial charge in [0.1, 0.15) is 12.2 Å². The molecule has 8 nitrogen and oxygen atoms in total. The number of rotatable bonds is 4. The molecule has 1 aliphatic rings. The van der Waals surface area contributed by atoms with Crippen LogP contribution in [-0.4, -0.2) is 59.1 Å². The first-order valence-electron chi connectivity index (χ1n) is 5.08. The number of hydrogen-bond donors (Lipinski definition) is 1. The molecule has 0 saturated carbocycles. The molecule has 0 spiro atoms. The zero-order valence-corrected chi connectivity index (χ0v) is 11.8. The Morgan fingerprint density at radius 2 is 1.61 bits per heavy atom. The third-order valence-electron chi connectivity index (χ3n) is 2.22. The van der Waals surface area contributed by atoms with Gasteiger partial charge in [0.15, 0.2) is 6.29 Å². The van der Waals surface area contributed by atoms with Gasteiger partial charge in [-0.25, -0.2) is 0 Å². The molecule has 18 heavy (non-hydrogen) atoms. The topological polar surface area (TPSA) is 116 Å². The van der Waals surface area contributed by atoms with Crippen LogP contribution in [0.15, 0.2) is 0 Å². The Kier molecular flexibility index (Phi) is 4.73. The maximum Gasteiger partial charge on any atom is 0.264 e. The second-order valence-electron chi connectivity index (χ2n) is 4.14. The summed E-state index contributed by atoms with van der Waals surface area (Å²) in [6.45, 7) is 1.46. The van der Waals surface area contributed by atoms with Crippen molar-refractivity contribution in [1.82, 2.24) is 0 Å². The molecule has 0 aromatic carbocycles. The summed E-state index contributed by atoms with van der Waals surface area (Å²) in [4.78, 5) is 0. The Morgan fingerprint density at radius 3 is 2.06 bits per heavy atom. The van der Waals surface area contributed by atoms with Crippen LogP contribution in [0.2, 0.25) is 0 Å². The van der Waals surface area contributed by atoms with Gasteiger partial charge in [0.05, 0.1) is 18.6 Å². The van der Waals surface area contributed by atoms with Gasteiger partial charge < -0.3 is 9.84 Å². The van der Waals surface area contributed by atoms with Crippen LogP contribution in [0.25, 0.3) is 0 Å². The Morgan fingerprint density at radius 1 is 1.11 bits per heavy atom. The van der Waals surface area contributed by atoms with Crippen molar-refractivity contribution in [3.05, 3.63) is 0 Å². The van der Waals surface area contributed by atoms with Crippen LogP contribution in [-0.2, 0) is 33.3 Å². The standard InChI is InChI=1S/C8H16O8S2/c1-5-8(16-18(3,12)13)6(4-7(9)14-5)15-17(2,10)11/h5-9H,4H2,1-3H3. The van der Waals surface area contributed by atoms with Crippen molar-refractivity contribution >= 4 is 20.2 Å². The maximum atomic E-state index is 11.1. The lowest BCUT2D eigenvalue weighted by molar-refractivity contribution is -0.214. The zero-order valence-electron chi connectivity index (χ0n) is 10.1. The molecule has 4 atom stereocenters. The van der Waals surface area contributed by atoms with Gasteiger partial charge in [0.25, 0.3) is 20.2 Å². The van der Waals surface area contributed by atoms with Crippen LogP contribution < -0.4 is 0 Å². The van der Waals surface area contributed by atoms with Crippen LogP contribution >= 0.6 is 0 Å². The van der Waals surface area contributed by atoms with E-state index in [-0.39, 0.29) is 6.42 Å². The minimum Gasteiger partial charge on any atom is -0.368 e. The molecule has 108 valence electrons. The molecule has 0 amide bonds. The summed E-state index contributed by atoms with van der Waals surface area (Å²) in [5.41, 5.74) is 0. The van der Waals surface area contributed by atoms with E-state index in [1.165, 1.54) is 6.92 Å². The Bertz CT molecular complexity index is 481. The van der Waals surface area contributed by atoms with Gasteiger partial charge in [-0.05, 0) is 6.92 Å². The first-order valence-corrected chi connectivity index (χ1v) is 8.71. The van der Waals surface area contributed by atoms with Crippen molar-refractivity contribution in [2.45, 2.75) is 37.9 Å². The molecule has 1 heterocycles. The summed E-state index contributed by atoms with van der Waals surface area (Å²) in [7, 11) is -7.60. The molecular weight excluding hydrogens is 288 g/mol. The molecule has 0 aliphatic carbocycles. The highest BCUT2D eigenvalue weighted by molar-refractivity contribution is 7.86. The maximum absolute atomic E-state index is 11.1. The Balaban J connectivity index is 2.92. The quantitative estimate of drug-likeness (QED) is 0.644. The van der Waals surface area contributed by atoms with Crippen molar-refractivity contribution < 1.29 is 35.0 Å². The smallest absolute Gasteiger partial charge is 0.264 e. The van der Waals surface area contributed by atoms with Crippen molar-refractivity contribution in [3.8, 4) is 0 Å². The van der Waals surface area contributed by atoms with E-state index >= 15 is 0 Å². The van der Waals surface area contributed by atoms with Crippen LogP contribution in [0.4, 0.5) is 0 Å². The first kappa shape index (κ1) is 15.8. The van der Waals surface area contributed by atoms with E-state index in [0.29, 0.717) is 0 Å². The van der Waals surface area contributed by atoms with Gasteiger partial charge in [-0.1, -0.05) is 0 Å². The SMILES string of the molecule is CC1OC(O)CC(OS(C)(=O)=O)C1OS(C)(=O)=O. The molecule has 0 aromatic rings. The molecule has 1 saturated heterocycles. The fourth-order valence-electron chi connectivity index (χ4n) is 1.68. The highest BCUT2D eigenvalue weighted by Crippen LogP contribution is 2.26. The minimum atomic E-state index is -3.80. The van der Waals surface area contributed by atoms with Crippen LogP contribution in [0.3, 0.4) is 0 Å². The van der Waals surface area contributed by atoms with Crippen molar-refractivity contribution in [1.29, 1.82) is 0 Å². The molecule has 1 fully saturated rings. The fourth-order valence-corrected chi connectivity index (χ4v) is 3.00. The van der Waals surface area contributed by atoms with Crippen LogP contribution in [0.5, 0.6) is 0 Å². The normalized spacial score (nSPS) is 34.4. The third-order valence-corrected chi connectivity index (χ3v) is 3.39. The second kappa shape index (κ2) is 5.39. The molecule has 0 aromatic heterocycles. The predicted molar refractivity (Wildman–Crippen MR) is 60.6 cm³/mol. The Labute approximate surface area is 106 Å². The number of aliphatic hydroxyl groups is 1. The summed E-state index contributed by atoms with van der Waals surface area (Å²) in [6, 6.07) is 0. The molecule has 4 unspecified atom stereocenters. The molecule has 1 N–H and O–H groups in total. The molecule has 1 rings (SSSR count). The minimum absolute atomic E-state index is 0.197. The van der Waals surface area contributed by atoms with Gasteiger partial charge in [0, 0.05) is 6.42 Å². The summed E-state index contributed by atoms with van der Waals surface area (Å²) < 4.78 is 58.8. The summed E-state index contributed by atoms with van der Waals surface area (Å²) >= 11 is 0. The van der Waals surface area contributed by atoms with Gasteiger partial charge in [-0.2, -0.15) is 16.8 Å². The third kappa shape index (κ3) is 5.16. The van der Waals surface area contributed by atoms with Crippen LogP contribution in [0.1, 0.15) is 13.3 Å². The summed E-state index contributed by atoms with van der Waals surface area (Å²) in [6.07, 6.45) is -2.83. The van der Waals surface area contributed by atoms with E-state index in [4.69, 9.17) is 13.1 Å². The predicted octanol–water partition coefficient (Wildman–Crippen LogP) is -1.20. The molecular formula is C8H16O8S2. The monoisotopic (exact) mass is 304 g/mol.